The maximum atomic E-state index is 5.99. The van der Waals surface area contributed by atoms with Crippen LogP contribution in [0.1, 0.15) is 46.8 Å². The van der Waals surface area contributed by atoms with Crippen LogP contribution in [0.15, 0.2) is 36.5 Å². The zero-order valence-corrected chi connectivity index (χ0v) is 18.7. The van der Waals surface area contributed by atoms with Gasteiger partial charge in [-0.25, -0.2) is 0 Å². The van der Waals surface area contributed by atoms with E-state index in [4.69, 9.17) is 10.7 Å². The van der Waals surface area contributed by atoms with Gasteiger partial charge in [-0.1, -0.05) is 24.3 Å². The fourth-order valence-electron chi connectivity index (χ4n) is 4.87. The van der Waals surface area contributed by atoms with Gasteiger partial charge in [-0.2, -0.15) is 0 Å². The number of hydrogen-bond acceptors (Lipinski definition) is 6. The van der Waals surface area contributed by atoms with Crippen LogP contribution >= 0.6 is 0 Å². The van der Waals surface area contributed by atoms with Crippen molar-refractivity contribution in [1.82, 2.24) is 25.8 Å². The molecule has 0 spiro atoms. The highest BCUT2D eigenvalue weighted by atomic mass is 15.2. The van der Waals surface area contributed by atoms with Crippen molar-refractivity contribution < 1.29 is 0 Å². The fourth-order valence-corrected chi connectivity index (χ4v) is 4.87. The Morgan fingerprint density at radius 1 is 0.871 bits per heavy atom. The summed E-state index contributed by atoms with van der Waals surface area (Å²) in [6, 6.07) is 11.7. The molecule has 1 aromatic heterocycles. The number of pyridine rings is 1. The highest BCUT2D eigenvalue weighted by Gasteiger charge is 2.28. The molecular weight excluding hydrogens is 384 g/mol. The second-order valence-corrected chi connectivity index (χ2v) is 8.68. The molecule has 0 amide bonds. The number of nitrogens with two attached hydrogens (primary N) is 1. The Kier molecular flexibility index (Phi) is 8.44. The standard InChI is InChI=1S/C25H38N6/c26-9-7-23-24-22(8-13-30-23)19-20-3-5-21(6-4-20)25(24)31-17-2-12-28-15-14-27-10-1-11-29-16-18-31/h3-6,8,13,25,27-29H,1-2,7,9-12,14-19,26H2. The van der Waals surface area contributed by atoms with Crippen molar-refractivity contribution in [2.75, 3.05) is 58.9 Å². The van der Waals surface area contributed by atoms with Crippen molar-refractivity contribution in [3.05, 3.63) is 64.5 Å². The van der Waals surface area contributed by atoms with E-state index in [2.05, 4.69) is 51.2 Å². The Balaban J connectivity index is 1.65. The second-order valence-electron chi connectivity index (χ2n) is 8.68. The molecule has 2 bridgehead atoms. The van der Waals surface area contributed by atoms with Crippen molar-refractivity contribution in [2.45, 2.75) is 31.7 Å². The monoisotopic (exact) mass is 422 g/mol. The molecule has 3 aliphatic rings. The quantitative estimate of drug-likeness (QED) is 0.600. The lowest BCUT2D eigenvalue weighted by molar-refractivity contribution is 0.219. The van der Waals surface area contributed by atoms with Gasteiger partial charge in [0.05, 0.1) is 6.04 Å². The van der Waals surface area contributed by atoms with E-state index in [0.717, 1.165) is 78.0 Å². The van der Waals surface area contributed by atoms with Crippen LogP contribution in [0.5, 0.6) is 0 Å². The number of benzene rings is 1. The van der Waals surface area contributed by atoms with Crippen LogP contribution in [0.2, 0.25) is 0 Å². The highest BCUT2D eigenvalue weighted by molar-refractivity contribution is 5.46. The van der Waals surface area contributed by atoms with Crippen molar-refractivity contribution >= 4 is 0 Å². The zero-order chi connectivity index (χ0) is 21.3. The maximum absolute atomic E-state index is 5.99. The van der Waals surface area contributed by atoms with Crippen LogP contribution in [0.4, 0.5) is 0 Å². The van der Waals surface area contributed by atoms with Crippen molar-refractivity contribution in [3.8, 4) is 0 Å². The predicted molar refractivity (Wildman–Crippen MR) is 128 cm³/mol. The average molecular weight is 423 g/mol. The molecule has 2 aliphatic carbocycles. The van der Waals surface area contributed by atoms with Crippen LogP contribution in [0.25, 0.3) is 0 Å². The maximum Gasteiger partial charge on any atom is 0.0623 e. The van der Waals surface area contributed by atoms with Crippen LogP contribution in [-0.2, 0) is 12.8 Å². The Labute approximate surface area is 187 Å². The first kappa shape index (κ1) is 22.4. The molecule has 1 aromatic carbocycles. The SMILES string of the molecule is NCCc1nccc2c1C(N1CCCNCCNCCCNCC1)c1ccc(cc1)C2. The number of rotatable bonds is 3. The number of aromatic nitrogens is 1. The van der Waals surface area contributed by atoms with Crippen LogP contribution in [0.3, 0.4) is 0 Å². The predicted octanol–water partition coefficient (Wildman–Crippen LogP) is 1.44. The molecule has 5 N–H and O–H groups in total. The minimum Gasteiger partial charge on any atom is -0.330 e. The van der Waals surface area contributed by atoms with Gasteiger partial charge in [0.25, 0.3) is 0 Å². The topological polar surface area (TPSA) is 78.2 Å². The first-order valence-corrected chi connectivity index (χ1v) is 12.0. The van der Waals surface area contributed by atoms with Crippen LogP contribution in [0, 0.1) is 0 Å². The van der Waals surface area contributed by atoms with Gasteiger partial charge in [0.15, 0.2) is 0 Å². The van der Waals surface area contributed by atoms with E-state index in [1.54, 1.807) is 0 Å². The zero-order valence-electron chi connectivity index (χ0n) is 18.7. The second kappa shape index (κ2) is 11.7. The van der Waals surface area contributed by atoms with Gasteiger partial charge in [0.2, 0.25) is 0 Å². The van der Waals surface area contributed by atoms with E-state index in [0.29, 0.717) is 6.54 Å². The Morgan fingerprint density at radius 2 is 1.61 bits per heavy atom. The van der Waals surface area contributed by atoms with E-state index in [1.807, 2.05) is 6.20 Å². The van der Waals surface area contributed by atoms with Gasteiger partial charge in [-0.3, -0.25) is 9.88 Å². The smallest absolute Gasteiger partial charge is 0.0623 e. The molecule has 1 unspecified atom stereocenters. The summed E-state index contributed by atoms with van der Waals surface area (Å²) in [4.78, 5) is 7.46. The molecule has 6 heteroatoms. The molecule has 1 fully saturated rings. The lowest BCUT2D eigenvalue weighted by atomic mass is 9.85. The molecule has 6 nitrogen and oxygen atoms in total. The Hall–Kier alpha value is -1.83. The van der Waals surface area contributed by atoms with Gasteiger partial charge in [0, 0.05) is 51.0 Å². The molecule has 1 saturated heterocycles. The highest BCUT2D eigenvalue weighted by Crippen LogP contribution is 2.36. The minimum absolute atomic E-state index is 0.232. The summed E-state index contributed by atoms with van der Waals surface area (Å²) in [6.07, 6.45) is 6.06. The molecule has 1 atom stereocenters. The van der Waals surface area contributed by atoms with Crippen molar-refractivity contribution in [3.63, 3.8) is 0 Å². The summed E-state index contributed by atoms with van der Waals surface area (Å²) < 4.78 is 0. The lowest BCUT2D eigenvalue weighted by Gasteiger charge is -2.36. The molecule has 168 valence electrons. The van der Waals surface area contributed by atoms with E-state index < -0.39 is 0 Å². The molecule has 2 heterocycles. The molecular formula is C25H38N6. The van der Waals surface area contributed by atoms with E-state index in [1.165, 1.54) is 27.9 Å². The summed E-state index contributed by atoms with van der Waals surface area (Å²) in [5.74, 6) is 0. The van der Waals surface area contributed by atoms with Crippen molar-refractivity contribution in [1.29, 1.82) is 0 Å². The number of fused-ring (bicyclic) bond motifs is 2. The molecule has 5 rings (SSSR count). The van der Waals surface area contributed by atoms with Crippen LogP contribution in [-0.4, -0.2) is 68.8 Å². The summed E-state index contributed by atoms with van der Waals surface area (Å²) in [7, 11) is 0. The largest absolute Gasteiger partial charge is 0.330 e. The van der Waals surface area contributed by atoms with Crippen LogP contribution < -0.4 is 21.7 Å². The summed E-state index contributed by atoms with van der Waals surface area (Å²) in [5.41, 5.74) is 12.7. The average Bonchev–Trinajstić information content (AvgIpc) is 2.77. The van der Waals surface area contributed by atoms with Gasteiger partial charge in [0.1, 0.15) is 0 Å². The third-order valence-electron chi connectivity index (χ3n) is 6.43. The van der Waals surface area contributed by atoms with E-state index in [9.17, 15) is 0 Å². The third kappa shape index (κ3) is 5.90. The minimum atomic E-state index is 0.232. The summed E-state index contributed by atoms with van der Waals surface area (Å²) in [5, 5.41) is 10.8. The van der Waals surface area contributed by atoms with Gasteiger partial charge in [-0.15, -0.1) is 0 Å². The van der Waals surface area contributed by atoms with E-state index in [-0.39, 0.29) is 6.04 Å². The first-order chi connectivity index (χ1) is 15.4. The van der Waals surface area contributed by atoms with Gasteiger partial charge >= 0.3 is 0 Å². The Bertz CT molecular complexity index is 792. The third-order valence-corrected chi connectivity index (χ3v) is 6.43. The fraction of sp³-hybridized carbons (Fsp3) is 0.560. The summed E-state index contributed by atoms with van der Waals surface area (Å²) >= 11 is 0. The summed E-state index contributed by atoms with van der Waals surface area (Å²) in [6.45, 7) is 8.98. The molecule has 31 heavy (non-hydrogen) atoms. The van der Waals surface area contributed by atoms with Crippen molar-refractivity contribution in [2.24, 2.45) is 5.73 Å². The molecule has 1 aliphatic heterocycles. The lowest BCUT2D eigenvalue weighted by Crippen LogP contribution is -2.40. The number of nitrogens with zero attached hydrogens (tertiary/aromatic N) is 2. The molecule has 2 aromatic rings. The number of nitrogens with one attached hydrogen (secondary N) is 3. The Morgan fingerprint density at radius 3 is 2.39 bits per heavy atom. The van der Waals surface area contributed by atoms with Gasteiger partial charge in [-0.05, 0) is 73.8 Å². The normalized spacial score (nSPS) is 21.6. The van der Waals surface area contributed by atoms with Gasteiger partial charge < -0.3 is 21.7 Å². The molecule has 0 radical (unpaired) electrons. The first-order valence-electron chi connectivity index (χ1n) is 12.0. The van der Waals surface area contributed by atoms with E-state index >= 15 is 0 Å². The number of hydrogen-bond donors (Lipinski definition) is 4. The molecule has 0 saturated carbocycles.